The van der Waals surface area contributed by atoms with Crippen molar-refractivity contribution in [3.05, 3.63) is 23.8 Å². The van der Waals surface area contributed by atoms with Crippen LogP contribution in [0.15, 0.2) is 23.2 Å². The van der Waals surface area contributed by atoms with Crippen molar-refractivity contribution in [2.45, 2.75) is 32.7 Å². The van der Waals surface area contributed by atoms with Gasteiger partial charge in [0.05, 0.1) is 23.3 Å². The summed E-state index contributed by atoms with van der Waals surface area (Å²) >= 11 is 0. The molecule has 2 aromatic rings. The molecule has 25 heavy (non-hydrogen) atoms. The molecule has 0 spiro atoms. The van der Waals surface area contributed by atoms with Gasteiger partial charge in [0.1, 0.15) is 0 Å². The summed E-state index contributed by atoms with van der Waals surface area (Å²) in [4.78, 5) is 9.63. The fourth-order valence-electron chi connectivity index (χ4n) is 4.11. The van der Waals surface area contributed by atoms with Gasteiger partial charge in [0.2, 0.25) is 5.88 Å². The fourth-order valence-corrected chi connectivity index (χ4v) is 4.11. The molecule has 0 radical (unpaired) electrons. The number of rotatable bonds is 3. The van der Waals surface area contributed by atoms with Crippen molar-refractivity contribution in [2.24, 2.45) is 12.0 Å². The Labute approximate surface area is 149 Å². The number of benzene rings is 1. The zero-order valence-electron chi connectivity index (χ0n) is 15.5. The van der Waals surface area contributed by atoms with Gasteiger partial charge in [0.15, 0.2) is 0 Å². The zero-order chi connectivity index (χ0) is 17.6. The fraction of sp³-hybridized carbons (Fsp3) is 0.550. The lowest BCUT2D eigenvalue weighted by Gasteiger charge is -2.29. The Kier molecular flexibility index (Phi) is 4.20. The van der Waals surface area contributed by atoms with Crippen LogP contribution in [0, 0.1) is 0 Å². The molecule has 0 bridgehead atoms. The number of aryl methyl sites for hydroxylation is 1. The molecule has 2 aliphatic rings. The molecule has 1 saturated heterocycles. The molecule has 2 aliphatic heterocycles. The van der Waals surface area contributed by atoms with E-state index >= 15 is 0 Å². The van der Waals surface area contributed by atoms with Crippen LogP contribution in [-0.2, 0) is 7.05 Å². The molecule has 0 atom stereocenters. The third-order valence-corrected chi connectivity index (χ3v) is 5.68. The van der Waals surface area contributed by atoms with E-state index in [0.29, 0.717) is 11.9 Å². The normalized spacial score (nSPS) is 19.2. The van der Waals surface area contributed by atoms with Crippen LogP contribution < -0.4 is 4.90 Å². The molecule has 1 fully saturated rings. The molecule has 1 aromatic heterocycles. The quantitative estimate of drug-likeness (QED) is 0.934. The molecule has 134 valence electrons. The second kappa shape index (κ2) is 6.37. The van der Waals surface area contributed by atoms with Gasteiger partial charge in [0.25, 0.3) is 0 Å². The second-order valence-electron chi connectivity index (χ2n) is 7.55. The van der Waals surface area contributed by atoms with Crippen LogP contribution in [-0.4, -0.2) is 59.1 Å². The Morgan fingerprint density at radius 2 is 1.88 bits per heavy atom. The number of aliphatic imine (C=N–C) groups is 1. The number of fused-ring (bicyclic) bond motifs is 1. The average Bonchev–Trinajstić information content (AvgIpc) is 3.23. The van der Waals surface area contributed by atoms with E-state index in [2.05, 4.69) is 41.8 Å². The minimum Gasteiger partial charge on any atom is -0.494 e. The number of aromatic hydroxyl groups is 1. The third-order valence-electron chi connectivity index (χ3n) is 5.68. The van der Waals surface area contributed by atoms with Gasteiger partial charge in [0, 0.05) is 50.3 Å². The van der Waals surface area contributed by atoms with E-state index in [9.17, 15) is 5.11 Å². The van der Waals surface area contributed by atoms with Gasteiger partial charge in [-0.3, -0.25) is 9.89 Å². The van der Waals surface area contributed by atoms with Gasteiger partial charge in [-0.25, -0.2) is 0 Å². The summed E-state index contributed by atoms with van der Waals surface area (Å²) < 4.78 is 1.88. The van der Waals surface area contributed by atoms with E-state index in [1.54, 1.807) is 0 Å². The predicted molar refractivity (Wildman–Crippen MR) is 104 cm³/mol. The highest BCUT2D eigenvalue weighted by Gasteiger charge is 2.25. The lowest BCUT2D eigenvalue weighted by Crippen LogP contribution is -2.41. The molecule has 0 aliphatic carbocycles. The average molecular weight is 340 g/mol. The summed E-state index contributed by atoms with van der Waals surface area (Å²) in [6, 6.07) is 7.05. The van der Waals surface area contributed by atoms with Gasteiger partial charge < -0.3 is 14.6 Å². The zero-order valence-corrected chi connectivity index (χ0v) is 15.5. The summed E-state index contributed by atoms with van der Waals surface area (Å²) in [5.74, 6) is 0.331. The molecule has 5 heteroatoms. The summed E-state index contributed by atoms with van der Waals surface area (Å²) in [7, 11) is 1.93. The number of anilines is 1. The standard InChI is InChI=1S/C20H28N4O/c1-14(2)24-11-8-21-17(13-24)19-16-12-15(23-9-4-5-10-23)6-7-18(16)22(3)20(19)25/h6-7,12,14,25H,4-5,8-11,13H2,1-3H3. The molecule has 5 nitrogen and oxygen atoms in total. The van der Waals surface area contributed by atoms with Crippen molar-refractivity contribution in [2.75, 3.05) is 37.6 Å². The Morgan fingerprint density at radius 3 is 2.60 bits per heavy atom. The maximum absolute atomic E-state index is 10.8. The molecule has 0 unspecified atom stereocenters. The molecule has 1 aromatic carbocycles. The third kappa shape index (κ3) is 2.80. The van der Waals surface area contributed by atoms with Crippen molar-refractivity contribution in [3.8, 4) is 5.88 Å². The Balaban J connectivity index is 1.80. The minimum atomic E-state index is 0.331. The van der Waals surface area contributed by atoms with Crippen LogP contribution in [0.3, 0.4) is 0 Å². The highest BCUT2D eigenvalue weighted by molar-refractivity contribution is 6.15. The van der Waals surface area contributed by atoms with Crippen LogP contribution in [0.4, 0.5) is 5.69 Å². The largest absolute Gasteiger partial charge is 0.494 e. The summed E-state index contributed by atoms with van der Waals surface area (Å²) in [6.07, 6.45) is 2.53. The van der Waals surface area contributed by atoms with E-state index in [-0.39, 0.29) is 0 Å². The molecule has 3 heterocycles. The minimum absolute atomic E-state index is 0.331. The second-order valence-corrected chi connectivity index (χ2v) is 7.55. The molecule has 4 rings (SSSR count). The Bertz CT molecular complexity index is 815. The first-order valence-electron chi connectivity index (χ1n) is 9.40. The highest BCUT2D eigenvalue weighted by Crippen LogP contribution is 2.35. The van der Waals surface area contributed by atoms with Crippen LogP contribution in [0.2, 0.25) is 0 Å². The molecule has 1 N–H and O–H groups in total. The van der Waals surface area contributed by atoms with Gasteiger partial charge in [-0.2, -0.15) is 0 Å². The van der Waals surface area contributed by atoms with Crippen molar-refractivity contribution < 1.29 is 5.11 Å². The van der Waals surface area contributed by atoms with Crippen LogP contribution in [0.1, 0.15) is 32.3 Å². The maximum Gasteiger partial charge on any atom is 0.201 e. The van der Waals surface area contributed by atoms with E-state index in [1.807, 2.05) is 11.6 Å². The first kappa shape index (κ1) is 16.5. The number of nitrogens with zero attached hydrogens (tertiary/aromatic N) is 4. The first-order valence-corrected chi connectivity index (χ1v) is 9.40. The van der Waals surface area contributed by atoms with E-state index in [1.165, 1.54) is 18.5 Å². The lowest BCUT2D eigenvalue weighted by atomic mass is 10.0. The SMILES string of the molecule is CC(C)N1CCN=C(c2c(O)n(C)c3ccc(N4CCCC4)cc23)C1. The number of hydrogen-bond acceptors (Lipinski definition) is 4. The Morgan fingerprint density at radius 1 is 1.12 bits per heavy atom. The Hall–Kier alpha value is -2.01. The van der Waals surface area contributed by atoms with Crippen molar-refractivity contribution in [1.29, 1.82) is 0 Å². The molecular weight excluding hydrogens is 312 g/mol. The van der Waals surface area contributed by atoms with Crippen molar-refractivity contribution >= 4 is 22.3 Å². The van der Waals surface area contributed by atoms with E-state index < -0.39 is 0 Å². The summed E-state index contributed by atoms with van der Waals surface area (Å²) in [6.45, 7) is 9.29. The summed E-state index contributed by atoms with van der Waals surface area (Å²) in [5, 5.41) is 11.9. The smallest absolute Gasteiger partial charge is 0.201 e. The van der Waals surface area contributed by atoms with Gasteiger partial charge in [-0.05, 0) is 44.9 Å². The lowest BCUT2D eigenvalue weighted by molar-refractivity contribution is 0.253. The predicted octanol–water partition coefficient (Wildman–Crippen LogP) is 3.00. The van der Waals surface area contributed by atoms with Gasteiger partial charge >= 0.3 is 0 Å². The molecular formula is C20H28N4O. The van der Waals surface area contributed by atoms with Gasteiger partial charge in [-0.1, -0.05) is 0 Å². The topological polar surface area (TPSA) is 44.0 Å². The maximum atomic E-state index is 10.8. The van der Waals surface area contributed by atoms with Crippen LogP contribution >= 0.6 is 0 Å². The number of hydrogen-bond donors (Lipinski definition) is 1. The monoisotopic (exact) mass is 340 g/mol. The van der Waals surface area contributed by atoms with E-state index in [4.69, 9.17) is 4.99 Å². The van der Waals surface area contributed by atoms with Gasteiger partial charge in [-0.15, -0.1) is 0 Å². The van der Waals surface area contributed by atoms with Crippen molar-refractivity contribution in [1.82, 2.24) is 9.47 Å². The summed E-state index contributed by atoms with van der Waals surface area (Å²) in [5.41, 5.74) is 4.26. The highest BCUT2D eigenvalue weighted by atomic mass is 16.3. The first-order chi connectivity index (χ1) is 12.1. The molecule has 0 amide bonds. The molecule has 0 saturated carbocycles. The van der Waals surface area contributed by atoms with Crippen molar-refractivity contribution in [3.63, 3.8) is 0 Å². The van der Waals surface area contributed by atoms with Crippen LogP contribution in [0.25, 0.3) is 10.9 Å². The van der Waals surface area contributed by atoms with E-state index in [0.717, 1.165) is 54.9 Å². The number of aromatic nitrogens is 1. The van der Waals surface area contributed by atoms with Crippen LogP contribution in [0.5, 0.6) is 5.88 Å².